The zero-order chi connectivity index (χ0) is 16.0. The third-order valence-electron chi connectivity index (χ3n) is 2.49. The molecular weight excluding hydrogens is 300 g/mol. The summed E-state index contributed by atoms with van der Waals surface area (Å²) < 4.78 is 24.6. The van der Waals surface area contributed by atoms with Crippen molar-refractivity contribution in [3.8, 4) is 6.07 Å². The molecule has 0 radical (unpaired) electrons. The van der Waals surface area contributed by atoms with Gasteiger partial charge in [-0.1, -0.05) is 18.2 Å². The van der Waals surface area contributed by atoms with Crippen molar-refractivity contribution < 1.29 is 28.2 Å². The number of aliphatic carboxylic acids is 2. The predicted octanol–water partition coefficient (Wildman–Crippen LogP) is -0.141. The van der Waals surface area contributed by atoms with E-state index >= 15 is 0 Å². The molecule has 0 aliphatic carbocycles. The van der Waals surface area contributed by atoms with E-state index in [9.17, 15) is 18.0 Å². The fourth-order valence-corrected chi connectivity index (χ4v) is 3.04. The molecule has 0 amide bonds. The Morgan fingerprint density at radius 1 is 1.14 bits per heavy atom. The first-order chi connectivity index (χ1) is 9.76. The van der Waals surface area contributed by atoms with Gasteiger partial charge in [-0.2, -0.15) is 9.57 Å². The van der Waals surface area contributed by atoms with Crippen molar-refractivity contribution in [3.63, 3.8) is 0 Å². The third kappa shape index (κ3) is 4.87. The third-order valence-corrected chi connectivity index (χ3v) is 4.21. The van der Waals surface area contributed by atoms with Gasteiger partial charge in [0, 0.05) is 0 Å². The van der Waals surface area contributed by atoms with E-state index in [0.717, 1.165) is 0 Å². The number of carbonyl (C=O) groups is 2. The molecule has 1 rings (SSSR count). The van der Waals surface area contributed by atoms with Crippen molar-refractivity contribution in [2.24, 2.45) is 0 Å². The zero-order valence-electron chi connectivity index (χ0n) is 10.8. The number of rotatable bonds is 7. The van der Waals surface area contributed by atoms with E-state index < -0.39 is 40.8 Å². The van der Waals surface area contributed by atoms with E-state index in [0.29, 0.717) is 4.31 Å². The first kappa shape index (κ1) is 16.6. The lowest BCUT2D eigenvalue weighted by Gasteiger charge is -2.18. The minimum absolute atomic E-state index is 0.131. The van der Waals surface area contributed by atoms with Crippen LogP contribution >= 0.6 is 0 Å². The Morgan fingerprint density at radius 2 is 1.67 bits per heavy atom. The highest BCUT2D eigenvalue weighted by molar-refractivity contribution is 7.88. The SMILES string of the molecule is N#Cc1ccccc1CS(=O)(=O)N(CC(=O)O)CC(=O)O. The molecule has 21 heavy (non-hydrogen) atoms. The van der Waals surface area contributed by atoms with Gasteiger partial charge in [0.2, 0.25) is 10.0 Å². The van der Waals surface area contributed by atoms with Gasteiger partial charge >= 0.3 is 11.9 Å². The van der Waals surface area contributed by atoms with E-state index in [4.69, 9.17) is 15.5 Å². The van der Waals surface area contributed by atoms with Crippen LogP contribution in [0.1, 0.15) is 11.1 Å². The van der Waals surface area contributed by atoms with E-state index in [2.05, 4.69) is 0 Å². The summed E-state index contributed by atoms with van der Waals surface area (Å²) in [7, 11) is -4.18. The molecule has 0 aliphatic heterocycles. The van der Waals surface area contributed by atoms with Gasteiger partial charge in [0.1, 0.15) is 13.1 Å². The molecule has 0 saturated carbocycles. The number of nitrogens with zero attached hydrogens (tertiary/aromatic N) is 2. The van der Waals surface area contributed by atoms with Crippen LogP contribution in [0.3, 0.4) is 0 Å². The quantitative estimate of drug-likeness (QED) is 0.715. The molecular formula is C12H12N2O6S. The molecule has 0 bridgehead atoms. The largest absolute Gasteiger partial charge is 0.480 e. The van der Waals surface area contributed by atoms with Crippen LogP contribution in [0.15, 0.2) is 24.3 Å². The highest BCUT2D eigenvalue weighted by atomic mass is 32.2. The molecule has 0 saturated heterocycles. The van der Waals surface area contributed by atoms with Crippen molar-refractivity contribution in [3.05, 3.63) is 35.4 Å². The fraction of sp³-hybridized carbons (Fsp3) is 0.250. The number of benzene rings is 1. The summed E-state index contributed by atoms with van der Waals surface area (Å²) in [5, 5.41) is 26.2. The zero-order valence-corrected chi connectivity index (χ0v) is 11.6. The molecule has 2 N–H and O–H groups in total. The van der Waals surface area contributed by atoms with Crippen LogP contribution in [0.4, 0.5) is 0 Å². The van der Waals surface area contributed by atoms with Crippen LogP contribution in [0, 0.1) is 11.3 Å². The fourth-order valence-electron chi connectivity index (χ4n) is 1.60. The van der Waals surface area contributed by atoms with Crippen molar-refractivity contribution in [2.75, 3.05) is 13.1 Å². The van der Waals surface area contributed by atoms with E-state index in [1.807, 2.05) is 6.07 Å². The smallest absolute Gasteiger partial charge is 0.318 e. The molecule has 1 aromatic carbocycles. The molecule has 0 aromatic heterocycles. The van der Waals surface area contributed by atoms with Crippen LogP contribution in [-0.2, 0) is 25.4 Å². The lowest BCUT2D eigenvalue weighted by atomic mass is 10.1. The molecule has 0 atom stereocenters. The number of carboxylic acid groups (broad SMARTS) is 2. The van der Waals surface area contributed by atoms with Crippen LogP contribution in [0.25, 0.3) is 0 Å². The van der Waals surface area contributed by atoms with Gasteiger partial charge in [0.25, 0.3) is 0 Å². The summed E-state index contributed by atoms with van der Waals surface area (Å²) in [4.78, 5) is 21.3. The summed E-state index contributed by atoms with van der Waals surface area (Å²) in [5.74, 6) is -3.57. The van der Waals surface area contributed by atoms with Gasteiger partial charge in [-0.3, -0.25) is 9.59 Å². The minimum Gasteiger partial charge on any atom is -0.480 e. The van der Waals surface area contributed by atoms with Gasteiger partial charge in [-0.25, -0.2) is 8.42 Å². The average molecular weight is 312 g/mol. The Balaban J connectivity index is 3.09. The number of sulfonamides is 1. The highest BCUT2D eigenvalue weighted by Gasteiger charge is 2.27. The predicted molar refractivity (Wildman–Crippen MR) is 70.6 cm³/mol. The van der Waals surface area contributed by atoms with Crippen LogP contribution in [0.5, 0.6) is 0 Å². The molecule has 0 fully saturated rings. The molecule has 0 unspecified atom stereocenters. The average Bonchev–Trinajstić information content (AvgIpc) is 2.37. The van der Waals surface area contributed by atoms with Crippen molar-refractivity contribution in [1.29, 1.82) is 5.26 Å². The Kier molecular flexibility index (Phi) is 5.40. The second-order valence-corrected chi connectivity index (χ2v) is 6.05. The lowest BCUT2D eigenvalue weighted by Crippen LogP contribution is -2.40. The van der Waals surface area contributed by atoms with Crippen LogP contribution in [0.2, 0.25) is 0 Å². The van der Waals surface area contributed by atoms with Crippen LogP contribution < -0.4 is 0 Å². The van der Waals surface area contributed by atoms with E-state index in [1.165, 1.54) is 18.2 Å². The molecule has 1 aromatic rings. The van der Waals surface area contributed by atoms with Gasteiger partial charge in [0.15, 0.2) is 0 Å². The normalized spacial score (nSPS) is 11.0. The Hall–Kier alpha value is -2.44. The van der Waals surface area contributed by atoms with Crippen molar-refractivity contribution >= 4 is 22.0 Å². The van der Waals surface area contributed by atoms with Crippen LogP contribution in [-0.4, -0.2) is 48.0 Å². The lowest BCUT2D eigenvalue weighted by molar-refractivity contribution is -0.139. The number of nitriles is 1. The van der Waals surface area contributed by atoms with Gasteiger partial charge in [-0.05, 0) is 11.6 Å². The van der Waals surface area contributed by atoms with Gasteiger partial charge in [0.05, 0.1) is 17.4 Å². The monoisotopic (exact) mass is 312 g/mol. The summed E-state index contributed by atoms with van der Waals surface area (Å²) in [5.41, 5.74) is 0.312. The Labute approximate surface area is 120 Å². The van der Waals surface area contributed by atoms with Gasteiger partial charge in [-0.15, -0.1) is 0 Å². The maximum Gasteiger partial charge on any atom is 0.318 e. The number of hydrogen-bond donors (Lipinski definition) is 2. The molecule has 9 heteroatoms. The molecule has 0 spiro atoms. The number of carboxylic acids is 2. The Morgan fingerprint density at radius 3 is 2.14 bits per heavy atom. The summed E-state index contributed by atoms with van der Waals surface area (Å²) in [6, 6.07) is 7.74. The molecule has 0 aliphatic rings. The first-order valence-electron chi connectivity index (χ1n) is 5.65. The topological polar surface area (TPSA) is 136 Å². The highest BCUT2D eigenvalue weighted by Crippen LogP contribution is 2.14. The molecule has 112 valence electrons. The molecule has 8 nitrogen and oxygen atoms in total. The van der Waals surface area contributed by atoms with Crippen molar-refractivity contribution in [1.82, 2.24) is 4.31 Å². The van der Waals surface area contributed by atoms with Crippen molar-refractivity contribution in [2.45, 2.75) is 5.75 Å². The summed E-state index contributed by atoms with van der Waals surface area (Å²) in [6.07, 6.45) is 0. The summed E-state index contributed by atoms with van der Waals surface area (Å²) in [6.45, 7) is -1.91. The molecule has 0 heterocycles. The maximum atomic E-state index is 12.1. The summed E-state index contributed by atoms with van der Waals surface area (Å²) >= 11 is 0. The number of hydrogen-bond acceptors (Lipinski definition) is 5. The Bertz CT molecular complexity index is 676. The van der Waals surface area contributed by atoms with Gasteiger partial charge < -0.3 is 10.2 Å². The first-order valence-corrected chi connectivity index (χ1v) is 7.26. The standard InChI is InChI=1S/C12H12N2O6S/c13-5-9-3-1-2-4-10(9)8-21(19,20)14(6-11(15)16)7-12(17)18/h1-4H,6-8H2,(H,15,16)(H,17,18). The minimum atomic E-state index is -4.18. The van der Waals surface area contributed by atoms with E-state index in [-0.39, 0.29) is 11.1 Å². The second-order valence-electron chi connectivity index (χ2n) is 4.08. The maximum absolute atomic E-state index is 12.1. The second kappa shape index (κ2) is 6.83. The van der Waals surface area contributed by atoms with E-state index in [1.54, 1.807) is 6.07 Å².